The molecular formula is C8H11IO. The van der Waals surface area contributed by atoms with Crippen LogP contribution < -0.4 is 0 Å². The molecule has 0 aromatic heterocycles. The van der Waals surface area contributed by atoms with Crippen molar-refractivity contribution in [3.63, 3.8) is 0 Å². The van der Waals surface area contributed by atoms with Crippen LogP contribution in [0.4, 0.5) is 0 Å². The predicted molar refractivity (Wildman–Crippen MR) is 53.1 cm³/mol. The largest absolute Gasteiger partial charge is 0.497 e. The molecule has 0 rings (SSSR count). The van der Waals surface area contributed by atoms with Crippen LogP contribution in [0.5, 0.6) is 0 Å². The van der Waals surface area contributed by atoms with Gasteiger partial charge in [-0.05, 0) is 23.2 Å². The lowest BCUT2D eigenvalue weighted by atomic mass is 10.4. The lowest BCUT2D eigenvalue weighted by Crippen LogP contribution is -1.78. The van der Waals surface area contributed by atoms with Gasteiger partial charge >= 0.3 is 0 Å². The highest BCUT2D eigenvalue weighted by Crippen LogP contribution is 1.98. The van der Waals surface area contributed by atoms with Gasteiger partial charge in [-0.15, -0.1) is 0 Å². The van der Waals surface area contributed by atoms with E-state index in [0.717, 1.165) is 5.76 Å². The average molecular weight is 250 g/mol. The second kappa shape index (κ2) is 6.86. The van der Waals surface area contributed by atoms with Gasteiger partial charge in [0.1, 0.15) is 5.76 Å². The van der Waals surface area contributed by atoms with Gasteiger partial charge in [0.2, 0.25) is 0 Å². The third-order valence-corrected chi connectivity index (χ3v) is 1.32. The summed E-state index contributed by atoms with van der Waals surface area (Å²) >= 11 is 2.16. The highest BCUT2D eigenvalue weighted by molar-refractivity contribution is 14.1. The molecule has 0 radical (unpaired) electrons. The highest BCUT2D eigenvalue weighted by Gasteiger charge is 1.82. The van der Waals surface area contributed by atoms with Crippen molar-refractivity contribution in [3.8, 4) is 0 Å². The summed E-state index contributed by atoms with van der Waals surface area (Å²) in [6, 6.07) is 0. The van der Waals surface area contributed by atoms with E-state index in [9.17, 15) is 0 Å². The molecule has 0 aromatic carbocycles. The first-order valence-electron chi connectivity index (χ1n) is 2.99. The molecule has 0 spiro atoms. The van der Waals surface area contributed by atoms with Crippen molar-refractivity contribution in [2.24, 2.45) is 0 Å². The molecule has 0 aromatic rings. The Kier molecular flexibility index (Phi) is 6.69. The lowest BCUT2D eigenvalue weighted by molar-refractivity contribution is 0.307. The summed E-state index contributed by atoms with van der Waals surface area (Å²) in [5.41, 5.74) is 0. The maximum absolute atomic E-state index is 5.01. The van der Waals surface area contributed by atoms with Crippen molar-refractivity contribution in [2.75, 3.05) is 7.11 Å². The molecule has 10 heavy (non-hydrogen) atoms. The number of allylic oxidation sites excluding steroid dienone is 4. The van der Waals surface area contributed by atoms with Crippen LogP contribution in [0.15, 0.2) is 34.1 Å². The van der Waals surface area contributed by atoms with Gasteiger partial charge in [0, 0.05) is 0 Å². The van der Waals surface area contributed by atoms with Gasteiger partial charge in [0.15, 0.2) is 0 Å². The minimum atomic E-state index is 0.871. The molecular weight excluding hydrogens is 239 g/mol. The first-order chi connectivity index (χ1) is 4.85. The van der Waals surface area contributed by atoms with Crippen molar-refractivity contribution in [1.29, 1.82) is 0 Å². The standard InChI is InChI=1S/C8H11IO/c1-3-5-8(10-2)6-4-7-9/h3-7H,1-2H3/b5-3-,7-4+,8-6+. The average Bonchev–Trinajstić information content (AvgIpc) is 1.98. The van der Waals surface area contributed by atoms with Crippen LogP contribution in [-0.4, -0.2) is 7.11 Å². The first-order valence-corrected chi connectivity index (χ1v) is 4.23. The van der Waals surface area contributed by atoms with Crippen LogP contribution in [0, 0.1) is 0 Å². The molecule has 0 saturated carbocycles. The van der Waals surface area contributed by atoms with Crippen LogP contribution in [0.3, 0.4) is 0 Å². The van der Waals surface area contributed by atoms with Crippen LogP contribution in [0.1, 0.15) is 6.92 Å². The van der Waals surface area contributed by atoms with Gasteiger partial charge < -0.3 is 4.74 Å². The van der Waals surface area contributed by atoms with E-state index in [2.05, 4.69) is 22.6 Å². The van der Waals surface area contributed by atoms with Crippen LogP contribution in [-0.2, 0) is 4.74 Å². The van der Waals surface area contributed by atoms with Crippen molar-refractivity contribution < 1.29 is 4.74 Å². The number of hydrogen-bond acceptors (Lipinski definition) is 1. The number of rotatable bonds is 3. The molecule has 1 nitrogen and oxygen atoms in total. The Bertz CT molecular complexity index is 157. The molecule has 0 N–H and O–H groups in total. The van der Waals surface area contributed by atoms with Gasteiger partial charge in [-0.3, -0.25) is 0 Å². The van der Waals surface area contributed by atoms with Crippen molar-refractivity contribution >= 4 is 22.6 Å². The zero-order valence-electron chi connectivity index (χ0n) is 6.17. The molecule has 0 bridgehead atoms. The summed E-state index contributed by atoms with van der Waals surface area (Å²) in [5, 5.41) is 0. The summed E-state index contributed by atoms with van der Waals surface area (Å²) in [6.45, 7) is 1.96. The monoisotopic (exact) mass is 250 g/mol. The molecule has 0 aliphatic heterocycles. The Morgan fingerprint density at radius 1 is 1.50 bits per heavy atom. The lowest BCUT2D eigenvalue weighted by Gasteiger charge is -1.95. The minimum Gasteiger partial charge on any atom is -0.497 e. The number of hydrogen-bond donors (Lipinski definition) is 0. The van der Waals surface area contributed by atoms with E-state index in [4.69, 9.17) is 4.74 Å². The summed E-state index contributed by atoms with van der Waals surface area (Å²) in [4.78, 5) is 0. The van der Waals surface area contributed by atoms with Crippen LogP contribution in [0.25, 0.3) is 0 Å². The normalized spacial score (nSPS) is 13.3. The Morgan fingerprint density at radius 3 is 2.60 bits per heavy atom. The quantitative estimate of drug-likeness (QED) is 0.425. The zero-order valence-corrected chi connectivity index (χ0v) is 8.33. The summed E-state index contributed by atoms with van der Waals surface area (Å²) in [6.07, 6.45) is 7.69. The van der Waals surface area contributed by atoms with E-state index in [1.54, 1.807) is 7.11 Å². The van der Waals surface area contributed by atoms with Crippen molar-refractivity contribution in [3.05, 3.63) is 34.1 Å². The predicted octanol–water partition coefficient (Wildman–Crippen LogP) is 3.04. The number of ether oxygens (including phenoxy) is 1. The van der Waals surface area contributed by atoms with E-state index in [1.165, 1.54) is 0 Å². The van der Waals surface area contributed by atoms with Crippen molar-refractivity contribution in [2.45, 2.75) is 6.92 Å². The SMILES string of the molecule is C\C=C/C(=C\C=C\I)OC. The molecule has 2 heteroatoms. The molecule has 0 saturated heterocycles. The van der Waals surface area contributed by atoms with Gasteiger partial charge in [0.05, 0.1) is 7.11 Å². The fraction of sp³-hybridized carbons (Fsp3) is 0.250. The zero-order chi connectivity index (χ0) is 7.82. The smallest absolute Gasteiger partial charge is 0.118 e. The third kappa shape index (κ3) is 4.61. The van der Waals surface area contributed by atoms with Crippen LogP contribution >= 0.6 is 22.6 Å². The summed E-state index contributed by atoms with van der Waals surface area (Å²) < 4.78 is 6.94. The van der Waals surface area contributed by atoms with Gasteiger partial charge in [0.25, 0.3) is 0 Å². The third-order valence-electron chi connectivity index (χ3n) is 0.900. The Balaban J connectivity index is 4.04. The van der Waals surface area contributed by atoms with Gasteiger partial charge in [-0.25, -0.2) is 0 Å². The maximum Gasteiger partial charge on any atom is 0.118 e. The second-order valence-corrected chi connectivity index (χ2v) is 2.31. The van der Waals surface area contributed by atoms with Gasteiger partial charge in [-0.1, -0.05) is 34.7 Å². The first kappa shape index (κ1) is 9.75. The maximum atomic E-state index is 5.01. The summed E-state index contributed by atoms with van der Waals surface area (Å²) in [5.74, 6) is 0.871. The molecule has 0 unspecified atom stereocenters. The van der Waals surface area contributed by atoms with E-state index in [0.29, 0.717) is 0 Å². The molecule has 0 atom stereocenters. The van der Waals surface area contributed by atoms with Crippen LogP contribution in [0.2, 0.25) is 0 Å². The van der Waals surface area contributed by atoms with E-state index >= 15 is 0 Å². The second-order valence-electron chi connectivity index (χ2n) is 1.59. The van der Waals surface area contributed by atoms with E-state index in [-0.39, 0.29) is 0 Å². The fourth-order valence-electron chi connectivity index (χ4n) is 0.487. The molecule has 0 aliphatic rings. The van der Waals surface area contributed by atoms with E-state index in [1.807, 2.05) is 35.3 Å². The molecule has 0 heterocycles. The van der Waals surface area contributed by atoms with Crippen molar-refractivity contribution in [1.82, 2.24) is 0 Å². The Morgan fingerprint density at radius 2 is 2.20 bits per heavy atom. The fourth-order valence-corrected chi connectivity index (χ4v) is 0.695. The summed E-state index contributed by atoms with van der Waals surface area (Å²) in [7, 11) is 1.66. The van der Waals surface area contributed by atoms with E-state index < -0.39 is 0 Å². The molecule has 0 fully saturated rings. The number of halogens is 1. The molecule has 0 aliphatic carbocycles. The highest BCUT2D eigenvalue weighted by atomic mass is 127. The minimum absolute atomic E-state index is 0.871. The Labute approximate surface area is 75.6 Å². The topological polar surface area (TPSA) is 9.23 Å². The molecule has 0 amide bonds. The molecule has 56 valence electrons. The number of methoxy groups -OCH3 is 1. The Hall–Kier alpha value is -0.250. The van der Waals surface area contributed by atoms with Gasteiger partial charge in [-0.2, -0.15) is 0 Å².